The maximum Gasteiger partial charge on any atom is 0.0296 e. The van der Waals surface area contributed by atoms with Gasteiger partial charge in [0, 0.05) is 5.41 Å². The van der Waals surface area contributed by atoms with Crippen LogP contribution >= 0.6 is 0 Å². The lowest BCUT2D eigenvalue weighted by Crippen LogP contribution is -2.25. The van der Waals surface area contributed by atoms with E-state index in [9.17, 15) is 0 Å². The van der Waals surface area contributed by atoms with Gasteiger partial charge in [-0.25, -0.2) is 0 Å². The molecule has 168 valence electrons. The second kappa shape index (κ2) is 9.40. The molecule has 0 nitrogen and oxygen atoms in total. The Morgan fingerprint density at radius 2 is 1.06 bits per heavy atom. The van der Waals surface area contributed by atoms with Crippen molar-refractivity contribution >= 4 is 0 Å². The lowest BCUT2D eigenvalue weighted by molar-refractivity contribution is 0.564. The third-order valence-corrected chi connectivity index (χ3v) is 7.21. The molecule has 0 saturated carbocycles. The highest BCUT2D eigenvalue weighted by Crippen LogP contribution is 2.55. The number of hydrogen-bond donors (Lipinski definition) is 0. The normalized spacial score (nSPS) is 13.8. The molecule has 0 aliphatic heterocycles. The lowest BCUT2D eigenvalue weighted by Gasteiger charge is -2.27. The summed E-state index contributed by atoms with van der Waals surface area (Å²) in [6.45, 7) is 12.4. The molecule has 2 aliphatic carbocycles. The van der Waals surface area contributed by atoms with E-state index in [-0.39, 0.29) is 5.41 Å². The summed E-state index contributed by atoms with van der Waals surface area (Å²) in [7, 11) is 0. The number of aryl methyl sites for hydroxylation is 2. The monoisotopic (exact) mass is 432 g/mol. The maximum absolute atomic E-state index is 2.48. The average molecular weight is 433 g/mol. The second-order valence-electron chi connectivity index (χ2n) is 8.81. The van der Waals surface area contributed by atoms with Gasteiger partial charge in [0.15, 0.2) is 0 Å². The summed E-state index contributed by atoms with van der Waals surface area (Å²) in [5, 5.41) is 0. The second-order valence-corrected chi connectivity index (χ2v) is 8.81. The first-order valence-corrected chi connectivity index (χ1v) is 12.5. The van der Waals surface area contributed by atoms with E-state index in [0.717, 1.165) is 12.8 Å². The van der Waals surface area contributed by atoms with Crippen LogP contribution in [-0.2, 0) is 18.3 Å². The first-order valence-electron chi connectivity index (χ1n) is 12.5. The minimum Gasteiger partial charge on any atom is -0.0683 e. The molecule has 0 radical (unpaired) electrons. The molecule has 2 aliphatic rings. The van der Waals surface area contributed by atoms with Gasteiger partial charge in [-0.15, -0.1) is 0 Å². The van der Waals surface area contributed by atoms with Crippen LogP contribution in [-0.4, -0.2) is 0 Å². The Kier molecular flexibility index (Phi) is 6.56. The molecule has 0 saturated heterocycles. The van der Waals surface area contributed by atoms with Gasteiger partial charge in [-0.1, -0.05) is 107 Å². The molecule has 0 fully saturated rings. The molecule has 0 atom stereocenters. The number of rotatable bonds is 1. The van der Waals surface area contributed by atoms with E-state index in [1.54, 1.807) is 0 Å². The van der Waals surface area contributed by atoms with Crippen molar-refractivity contribution in [3.05, 3.63) is 118 Å². The molecule has 0 amide bonds. The van der Waals surface area contributed by atoms with Crippen molar-refractivity contribution in [2.75, 3.05) is 0 Å². The summed E-state index contributed by atoms with van der Waals surface area (Å²) in [5.74, 6) is 0. The van der Waals surface area contributed by atoms with Gasteiger partial charge in [0.1, 0.15) is 0 Å². The van der Waals surface area contributed by atoms with Gasteiger partial charge in [-0.3, -0.25) is 0 Å². The molecule has 0 heteroatoms. The van der Waals surface area contributed by atoms with Crippen molar-refractivity contribution < 1.29 is 0 Å². The molecule has 0 heterocycles. The highest BCUT2D eigenvalue weighted by molar-refractivity contribution is 5.85. The molecule has 0 aromatic heterocycles. The van der Waals surface area contributed by atoms with Crippen molar-refractivity contribution in [2.45, 2.75) is 59.8 Å². The minimum atomic E-state index is 0.0748. The maximum atomic E-state index is 2.48. The van der Waals surface area contributed by atoms with Crippen LogP contribution in [0.15, 0.2) is 84.9 Å². The molecule has 0 bridgehead atoms. The molecular weight excluding hydrogens is 396 g/mol. The summed E-state index contributed by atoms with van der Waals surface area (Å²) in [5.41, 5.74) is 14.3. The average Bonchev–Trinajstić information content (AvgIpc) is 3.40. The molecule has 0 N–H and O–H groups in total. The van der Waals surface area contributed by atoms with Crippen LogP contribution in [0, 0.1) is 13.8 Å². The standard InChI is InChI=1S/C29H24.2C2H6/c1-19-11-12-21(15-20(19)2)22-13-14-26-25-9-5-6-10-27(25)29(28(26)16-22)17-23-7-3-4-8-24(23)18-29;2*1-2/h3-16H,17-18H2,1-2H3;2*1-2H3. The SMILES string of the molecule is CC.CC.Cc1ccc(-c2ccc3c(c2)C2(Cc4ccccc4C2)c2ccccc2-3)cc1C. The fraction of sp³-hybridized carbons (Fsp3) is 0.273. The van der Waals surface area contributed by atoms with Crippen LogP contribution < -0.4 is 0 Å². The fourth-order valence-electron chi connectivity index (χ4n) is 5.55. The highest BCUT2D eigenvalue weighted by atomic mass is 14.5. The van der Waals surface area contributed by atoms with E-state index in [1.807, 2.05) is 27.7 Å². The number of fused-ring (bicyclic) bond motifs is 6. The van der Waals surface area contributed by atoms with Crippen LogP contribution in [0.25, 0.3) is 22.3 Å². The van der Waals surface area contributed by atoms with Gasteiger partial charge >= 0.3 is 0 Å². The first kappa shape index (κ1) is 23.1. The lowest BCUT2D eigenvalue weighted by atomic mass is 9.75. The molecule has 4 aromatic carbocycles. The number of benzene rings is 4. The van der Waals surface area contributed by atoms with Gasteiger partial charge < -0.3 is 0 Å². The summed E-state index contributed by atoms with van der Waals surface area (Å²) >= 11 is 0. The summed E-state index contributed by atoms with van der Waals surface area (Å²) in [6, 6.07) is 32.0. The van der Waals surface area contributed by atoms with E-state index in [1.165, 1.54) is 55.6 Å². The zero-order chi connectivity index (χ0) is 23.6. The molecule has 1 spiro atoms. The highest BCUT2D eigenvalue weighted by Gasteiger charge is 2.46. The minimum absolute atomic E-state index is 0.0748. The van der Waals surface area contributed by atoms with Crippen molar-refractivity contribution in [1.82, 2.24) is 0 Å². The molecule has 4 aromatic rings. The predicted octanol–water partition coefficient (Wildman–Crippen LogP) is 9.09. The van der Waals surface area contributed by atoms with Gasteiger partial charge in [-0.05, 0) is 88.4 Å². The third kappa shape index (κ3) is 3.72. The largest absolute Gasteiger partial charge is 0.0683 e. The zero-order valence-corrected chi connectivity index (χ0v) is 21.0. The zero-order valence-electron chi connectivity index (χ0n) is 21.0. The predicted molar refractivity (Wildman–Crippen MR) is 144 cm³/mol. The Hall–Kier alpha value is -3.12. The molecule has 33 heavy (non-hydrogen) atoms. The molecule has 0 unspecified atom stereocenters. The molecular formula is C33H36. The van der Waals surface area contributed by atoms with E-state index < -0.39 is 0 Å². The van der Waals surface area contributed by atoms with Crippen LogP contribution in [0.4, 0.5) is 0 Å². The van der Waals surface area contributed by atoms with E-state index in [0.29, 0.717) is 0 Å². The number of hydrogen-bond acceptors (Lipinski definition) is 0. The summed E-state index contributed by atoms with van der Waals surface area (Å²) < 4.78 is 0. The van der Waals surface area contributed by atoms with Crippen molar-refractivity contribution in [1.29, 1.82) is 0 Å². The van der Waals surface area contributed by atoms with Gasteiger partial charge in [0.05, 0.1) is 0 Å². The molecule has 6 rings (SSSR count). The summed E-state index contributed by atoms with van der Waals surface area (Å²) in [4.78, 5) is 0. The Morgan fingerprint density at radius 3 is 1.73 bits per heavy atom. The van der Waals surface area contributed by atoms with Gasteiger partial charge in [0.2, 0.25) is 0 Å². The van der Waals surface area contributed by atoms with E-state index in [2.05, 4.69) is 98.8 Å². The topological polar surface area (TPSA) is 0 Å². The van der Waals surface area contributed by atoms with E-state index in [4.69, 9.17) is 0 Å². The van der Waals surface area contributed by atoms with Crippen LogP contribution in [0.2, 0.25) is 0 Å². The van der Waals surface area contributed by atoms with Gasteiger partial charge in [-0.2, -0.15) is 0 Å². The van der Waals surface area contributed by atoms with Crippen molar-refractivity contribution in [2.24, 2.45) is 0 Å². The smallest absolute Gasteiger partial charge is 0.0296 e. The Morgan fingerprint density at radius 1 is 0.515 bits per heavy atom. The van der Waals surface area contributed by atoms with E-state index >= 15 is 0 Å². The van der Waals surface area contributed by atoms with Crippen molar-refractivity contribution in [3.63, 3.8) is 0 Å². The third-order valence-electron chi connectivity index (χ3n) is 7.21. The van der Waals surface area contributed by atoms with Crippen molar-refractivity contribution in [3.8, 4) is 22.3 Å². The van der Waals surface area contributed by atoms with Gasteiger partial charge in [0.25, 0.3) is 0 Å². The Balaban J connectivity index is 0.000000617. The summed E-state index contributed by atoms with van der Waals surface area (Å²) in [6.07, 6.45) is 2.20. The first-order chi connectivity index (χ1) is 16.2. The Bertz CT molecular complexity index is 1250. The quantitative estimate of drug-likeness (QED) is 0.281. The fourth-order valence-corrected chi connectivity index (χ4v) is 5.55. The van der Waals surface area contributed by atoms with Crippen LogP contribution in [0.5, 0.6) is 0 Å². The Labute approximate surface area is 200 Å². The van der Waals surface area contributed by atoms with Crippen LogP contribution in [0.3, 0.4) is 0 Å². The van der Waals surface area contributed by atoms with Crippen LogP contribution in [0.1, 0.15) is 61.1 Å².